The van der Waals surface area contributed by atoms with E-state index < -0.39 is 28.6 Å². The second-order valence-corrected chi connectivity index (χ2v) is 8.22. The van der Waals surface area contributed by atoms with Crippen LogP contribution in [0.1, 0.15) is 18.1 Å². The van der Waals surface area contributed by atoms with Gasteiger partial charge in [0.1, 0.15) is 13.2 Å². The van der Waals surface area contributed by atoms with E-state index in [0.29, 0.717) is 22.9 Å². The Morgan fingerprint density at radius 2 is 2.03 bits per heavy atom. The van der Waals surface area contributed by atoms with Gasteiger partial charge in [0, 0.05) is 12.1 Å². The van der Waals surface area contributed by atoms with Gasteiger partial charge in [-0.15, -0.1) is 0 Å². The number of benzene rings is 2. The molecule has 0 saturated carbocycles. The number of rotatable bonds is 9. The molecule has 2 aromatic carbocycles. The molecule has 1 heterocycles. The van der Waals surface area contributed by atoms with Gasteiger partial charge in [0.05, 0.1) is 28.6 Å². The van der Waals surface area contributed by atoms with Crippen molar-refractivity contribution in [1.82, 2.24) is 4.90 Å². The van der Waals surface area contributed by atoms with Crippen molar-refractivity contribution in [3.63, 3.8) is 0 Å². The molecule has 0 spiro atoms. The number of hydrogen-bond acceptors (Lipinski definition) is 9. The number of carbonyl (C=O) groups excluding carboxylic acids is 3. The van der Waals surface area contributed by atoms with Crippen LogP contribution in [0.4, 0.5) is 10.5 Å². The predicted octanol–water partition coefficient (Wildman–Crippen LogP) is 4.44. The summed E-state index contributed by atoms with van der Waals surface area (Å²) in [6, 6.07) is 9.07. The number of amides is 2. The zero-order chi connectivity index (χ0) is 24.8. The molecule has 1 aliphatic heterocycles. The zero-order valence-corrected chi connectivity index (χ0v) is 19.7. The lowest BCUT2D eigenvalue weighted by Crippen LogP contribution is -2.34. The molecule has 2 aromatic rings. The van der Waals surface area contributed by atoms with Crippen LogP contribution < -0.4 is 9.47 Å². The summed E-state index contributed by atoms with van der Waals surface area (Å²) in [4.78, 5) is 47.8. The quantitative estimate of drug-likeness (QED) is 0.210. The van der Waals surface area contributed by atoms with Crippen molar-refractivity contribution >= 4 is 52.2 Å². The second kappa shape index (κ2) is 11.0. The van der Waals surface area contributed by atoms with E-state index in [-0.39, 0.29) is 40.3 Å². The lowest BCUT2D eigenvalue weighted by Gasteiger charge is -2.13. The smallest absolute Gasteiger partial charge is 0.326 e. The number of methoxy groups -OCH3 is 1. The standard InChI is InChI=1S/C22H19ClN2O8S/c1-3-32-19(26)11-24-21(27)18(34-22(24)28)10-14-8-16(23)20(17(9-14)31-2)33-12-13-5-4-6-15(7-13)25(29)30/h4-10H,3,11-12H2,1-2H3/b18-10+. The third-order valence-electron chi connectivity index (χ3n) is 4.52. The minimum Gasteiger partial charge on any atom is -0.493 e. The Kier molecular flexibility index (Phi) is 8.13. The minimum atomic E-state index is -0.680. The molecule has 0 bridgehead atoms. The summed E-state index contributed by atoms with van der Waals surface area (Å²) in [7, 11) is 1.41. The Bertz CT molecular complexity index is 1180. The number of imide groups is 1. The number of non-ortho nitro benzene ring substituents is 1. The molecule has 0 aliphatic carbocycles. The highest BCUT2D eigenvalue weighted by Crippen LogP contribution is 2.39. The fourth-order valence-electron chi connectivity index (χ4n) is 3.00. The molecule has 0 unspecified atom stereocenters. The molecule has 178 valence electrons. The molecule has 1 fully saturated rings. The van der Waals surface area contributed by atoms with Crippen LogP contribution in [-0.2, 0) is 20.9 Å². The van der Waals surface area contributed by atoms with E-state index in [0.717, 1.165) is 4.90 Å². The molecule has 0 aromatic heterocycles. The Hall–Kier alpha value is -3.57. The summed E-state index contributed by atoms with van der Waals surface area (Å²) < 4.78 is 15.9. The lowest BCUT2D eigenvalue weighted by atomic mass is 10.1. The molecule has 3 rings (SSSR count). The van der Waals surface area contributed by atoms with Crippen LogP contribution in [0.3, 0.4) is 0 Å². The molecule has 10 nitrogen and oxygen atoms in total. The first-order valence-corrected chi connectivity index (χ1v) is 11.1. The topological polar surface area (TPSA) is 125 Å². The van der Waals surface area contributed by atoms with Gasteiger partial charge in [-0.1, -0.05) is 23.7 Å². The van der Waals surface area contributed by atoms with Crippen LogP contribution in [0.15, 0.2) is 41.3 Å². The average Bonchev–Trinajstić information content (AvgIpc) is 3.05. The normalized spacial score (nSPS) is 14.4. The van der Waals surface area contributed by atoms with Crippen molar-refractivity contribution in [1.29, 1.82) is 0 Å². The van der Waals surface area contributed by atoms with Crippen LogP contribution in [0.5, 0.6) is 11.5 Å². The van der Waals surface area contributed by atoms with E-state index in [1.807, 2.05) is 0 Å². The Morgan fingerprint density at radius 3 is 2.71 bits per heavy atom. The highest BCUT2D eigenvalue weighted by molar-refractivity contribution is 8.18. The summed E-state index contributed by atoms with van der Waals surface area (Å²) >= 11 is 7.06. The molecule has 0 N–H and O–H groups in total. The van der Waals surface area contributed by atoms with E-state index in [4.69, 9.17) is 25.8 Å². The van der Waals surface area contributed by atoms with Crippen LogP contribution in [0.25, 0.3) is 6.08 Å². The fourth-order valence-corrected chi connectivity index (χ4v) is 4.11. The van der Waals surface area contributed by atoms with Gasteiger partial charge >= 0.3 is 5.97 Å². The SMILES string of the molecule is CCOC(=O)CN1C(=O)S/C(=C/c2cc(Cl)c(OCc3cccc([N+](=O)[O-])c3)c(OC)c2)C1=O. The third-order valence-corrected chi connectivity index (χ3v) is 5.71. The number of hydrogen-bond donors (Lipinski definition) is 0. The Labute approximate surface area is 203 Å². The highest BCUT2D eigenvalue weighted by atomic mass is 35.5. The maximum atomic E-state index is 12.6. The van der Waals surface area contributed by atoms with Crippen molar-refractivity contribution in [2.24, 2.45) is 0 Å². The predicted molar refractivity (Wildman–Crippen MR) is 125 cm³/mol. The molecule has 2 amide bonds. The number of ether oxygens (including phenoxy) is 3. The number of nitrogens with zero attached hydrogens (tertiary/aromatic N) is 2. The number of esters is 1. The van der Waals surface area contributed by atoms with Gasteiger partial charge in [0.15, 0.2) is 11.5 Å². The summed E-state index contributed by atoms with van der Waals surface area (Å²) in [5.41, 5.74) is 0.962. The van der Waals surface area contributed by atoms with E-state index in [9.17, 15) is 24.5 Å². The molecule has 1 saturated heterocycles. The summed E-state index contributed by atoms with van der Waals surface area (Å²) in [5, 5.41) is 10.5. The van der Waals surface area contributed by atoms with Crippen LogP contribution in [0, 0.1) is 10.1 Å². The van der Waals surface area contributed by atoms with Gasteiger partial charge in [-0.05, 0) is 48.0 Å². The first kappa shape index (κ1) is 25.1. The largest absolute Gasteiger partial charge is 0.493 e. The van der Waals surface area contributed by atoms with Crippen molar-refractivity contribution in [3.8, 4) is 11.5 Å². The second-order valence-electron chi connectivity index (χ2n) is 6.82. The van der Waals surface area contributed by atoms with Crippen LogP contribution in [0.2, 0.25) is 5.02 Å². The summed E-state index contributed by atoms with van der Waals surface area (Å²) in [6.07, 6.45) is 1.45. The molecular weight excluding hydrogens is 488 g/mol. The summed E-state index contributed by atoms with van der Waals surface area (Å²) in [5.74, 6) is -0.830. The fraction of sp³-hybridized carbons (Fsp3) is 0.227. The van der Waals surface area contributed by atoms with Gasteiger partial charge in [0.25, 0.3) is 16.8 Å². The van der Waals surface area contributed by atoms with E-state index in [1.54, 1.807) is 25.1 Å². The molecule has 34 heavy (non-hydrogen) atoms. The van der Waals surface area contributed by atoms with E-state index in [2.05, 4.69) is 0 Å². The van der Waals surface area contributed by atoms with Crippen molar-refractivity contribution in [2.45, 2.75) is 13.5 Å². The molecule has 0 radical (unpaired) electrons. The molecule has 0 atom stereocenters. The molecule has 1 aliphatic rings. The molecular formula is C22H19ClN2O8S. The van der Waals surface area contributed by atoms with E-state index in [1.165, 1.54) is 31.4 Å². The number of carbonyl (C=O) groups is 3. The van der Waals surface area contributed by atoms with Gasteiger partial charge < -0.3 is 14.2 Å². The van der Waals surface area contributed by atoms with Gasteiger partial charge in [-0.3, -0.25) is 29.4 Å². The van der Waals surface area contributed by atoms with Crippen molar-refractivity contribution in [2.75, 3.05) is 20.3 Å². The first-order valence-electron chi connectivity index (χ1n) is 9.88. The number of nitro benzene ring substituents is 1. The van der Waals surface area contributed by atoms with Gasteiger partial charge in [0.2, 0.25) is 0 Å². The molecule has 12 heteroatoms. The van der Waals surface area contributed by atoms with Crippen molar-refractivity contribution in [3.05, 3.63) is 67.6 Å². The van der Waals surface area contributed by atoms with Crippen LogP contribution >= 0.6 is 23.4 Å². The third kappa shape index (κ3) is 5.86. The first-order chi connectivity index (χ1) is 16.2. The van der Waals surface area contributed by atoms with Gasteiger partial charge in [-0.2, -0.15) is 0 Å². The van der Waals surface area contributed by atoms with Crippen LogP contribution in [-0.4, -0.2) is 47.2 Å². The van der Waals surface area contributed by atoms with Gasteiger partial charge in [-0.25, -0.2) is 0 Å². The minimum absolute atomic E-state index is 0.00382. The van der Waals surface area contributed by atoms with Crippen molar-refractivity contribution < 1.29 is 33.5 Å². The Balaban J connectivity index is 1.79. The highest BCUT2D eigenvalue weighted by Gasteiger charge is 2.36. The van der Waals surface area contributed by atoms with E-state index >= 15 is 0 Å². The monoisotopic (exact) mass is 506 g/mol. The zero-order valence-electron chi connectivity index (χ0n) is 18.1. The lowest BCUT2D eigenvalue weighted by molar-refractivity contribution is -0.384. The number of nitro groups is 1. The number of thioether (sulfide) groups is 1. The Morgan fingerprint density at radius 1 is 1.26 bits per heavy atom. The maximum absolute atomic E-state index is 12.6. The average molecular weight is 507 g/mol. The maximum Gasteiger partial charge on any atom is 0.326 e. The summed E-state index contributed by atoms with van der Waals surface area (Å²) in [6.45, 7) is 1.30. The number of halogens is 1.